The molecular weight excluding hydrogens is 841 g/mol. The van der Waals surface area contributed by atoms with Crippen molar-refractivity contribution < 1.29 is 9.13 Å². The fraction of sp³-hybridized carbons (Fsp3) is 0.360. The summed E-state index contributed by atoms with van der Waals surface area (Å²) in [7, 11) is -0.0455. The summed E-state index contributed by atoms with van der Waals surface area (Å²) >= 11 is 7.94. The molecule has 0 N–H and O–H groups in total. The van der Waals surface area contributed by atoms with E-state index >= 15 is 0 Å². The Morgan fingerprint density at radius 2 is 0.833 bits per heavy atom. The second kappa shape index (κ2) is 18.1. The van der Waals surface area contributed by atoms with E-state index in [2.05, 4.69) is 98.9 Å². The molecule has 0 amide bonds. The zero-order chi connectivity index (χ0) is 42.0. The first kappa shape index (κ1) is 42.7. The molecular formula is C50H56N4S4Si2+2. The summed E-state index contributed by atoms with van der Waals surface area (Å²) in [6.45, 7) is 9.40. The van der Waals surface area contributed by atoms with Gasteiger partial charge in [-0.1, -0.05) is 79.1 Å². The molecule has 0 aromatic carbocycles. The normalized spacial score (nSPS) is 14.7. The molecule has 0 unspecified atom stereocenters. The Hall–Kier alpha value is -4.01. The molecule has 306 valence electrons. The van der Waals surface area contributed by atoms with Crippen molar-refractivity contribution in [2.45, 2.75) is 103 Å². The van der Waals surface area contributed by atoms with Gasteiger partial charge in [0.2, 0.25) is 0 Å². The molecule has 6 aromatic heterocycles. The molecule has 0 saturated heterocycles. The average molecular weight is 897 g/mol. The number of pyridine rings is 2. The van der Waals surface area contributed by atoms with E-state index in [4.69, 9.17) is 0 Å². The first-order valence-corrected chi connectivity index (χ1v) is 30.0. The van der Waals surface area contributed by atoms with Gasteiger partial charge in [-0.05, 0) is 81.3 Å². The van der Waals surface area contributed by atoms with Crippen molar-refractivity contribution in [2.24, 2.45) is 14.1 Å². The summed E-state index contributed by atoms with van der Waals surface area (Å²) in [4.78, 5) is 11.3. The quantitative estimate of drug-likeness (QED) is 0.0520. The molecule has 60 heavy (non-hydrogen) atoms. The molecule has 0 fully saturated rings. The first-order valence-electron chi connectivity index (χ1n) is 22.0. The van der Waals surface area contributed by atoms with E-state index < -0.39 is 16.1 Å². The highest BCUT2D eigenvalue weighted by Gasteiger charge is 2.49. The second-order valence-corrected chi connectivity index (χ2v) is 29.7. The third-order valence-electron chi connectivity index (χ3n) is 12.9. The molecule has 0 bridgehead atoms. The number of fused-ring (bicyclic) bond motifs is 6. The number of nitriles is 2. The van der Waals surface area contributed by atoms with E-state index in [1.54, 1.807) is 20.7 Å². The van der Waals surface area contributed by atoms with Crippen LogP contribution in [-0.2, 0) is 14.1 Å². The lowest BCUT2D eigenvalue weighted by Gasteiger charge is -2.29. The molecule has 2 aliphatic rings. The summed E-state index contributed by atoms with van der Waals surface area (Å²) < 4.78 is 4.03. The number of aromatic nitrogens is 2. The van der Waals surface area contributed by atoms with E-state index in [1.165, 1.54) is 115 Å². The van der Waals surface area contributed by atoms with E-state index in [9.17, 15) is 10.5 Å². The smallest absolute Gasteiger partial charge is 0.169 e. The van der Waals surface area contributed by atoms with Crippen LogP contribution in [0, 0.1) is 22.7 Å². The van der Waals surface area contributed by atoms with Gasteiger partial charge in [-0.3, -0.25) is 0 Å². The van der Waals surface area contributed by atoms with Gasteiger partial charge in [0.1, 0.15) is 30.2 Å². The topological polar surface area (TPSA) is 55.3 Å². The minimum atomic E-state index is -2.04. The van der Waals surface area contributed by atoms with Crippen LogP contribution in [0.25, 0.3) is 52.6 Å². The van der Waals surface area contributed by atoms with Crippen LogP contribution >= 0.6 is 45.3 Å². The van der Waals surface area contributed by atoms with Gasteiger partial charge in [-0.2, -0.15) is 10.5 Å². The van der Waals surface area contributed by atoms with Gasteiger partial charge >= 0.3 is 0 Å². The van der Waals surface area contributed by atoms with Crippen molar-refractivity contribution in [3.63, 3.8) is 0 Å². The van der Waals surface area contributed by atoms with Crippen LogP contribution in [0.15, 0.2) is 73.3 Å². The summed E-state index contributed by atoms with van der Waals surface area (Å²) in [5, 5.41) is 27.3. The largest absolute Gasteiger partial charge is 0.208 e. The van der Waals surface area contributed by atoms with Gasteiger partial charge in [0.15, 0.2) is 24.8 Å². The van der Waals surface area contributed by atoms with E-state index in [1.807, 2.05) is 95.0 Å². The minimum absolute atomic E-state index is 0.730. The Balaban J connectivity index is 1.25. The van der Waals surface area contributed by atoms with E-state index in [-0.39, 0.29) is 0 Å². The lowest BCUT2D eigenvalue weighted by atomic mass is 10.1. The van der Waals surface area contributed by atoms with Crippen molar-refractivity contribution in [1.82, 2.24) is 0 Å². The molecule has 6 aromatic rings. The summed E-state index contributed by atoms with van der Waals surface area (Å²) in [5.41, 5.74) is 3.40. The number of aryl methyl sites for hydroxylation is 2. The standard InChI is InChI=1S/C50H56N4S4Si2/c1-7-11-23-59(24-12-8-2)43-29-39(27-37(33-51)35-15-19-53(5)20-16-35)55-47(43)49-45(59)31-41(57-49)42-32-46-50(58-42)48-44(60(46,25-13-9-3)26-14-10-4)30-40(56-48)28-38(34-52)36-17-21-54(6)22-18-36/h15-22,27-32H,7-14,23-26H2,1-6H3/q+2/b37-27+,38-28+. The highest BCUT2D eigenvalue weighted by Crippen LogP contribution is 2.50. The zero-order valence-electron chi connectivity index (χ0n) is 36.0. The number of unbranched alkanes of at least 4 members (excludes halogenated alkanes) is 4. The van der Waals surface area contributed by atoms with Crippen molar-refractivity contribution in [2.75, 3.05) is 0 Å². The molecule has 8 heterocycles. The van der Waals surface area contributed by atoms with Crippen LogP contribution in [0.5, 0.6) is 0 Å². The number of thiophene rings is 4. The lowest BCUT2D eigenvalue weighted by Crippen LogP contribution is -2.54. The van der Waals surface area contributed by atoms with Crippen molar-refractivity contribution in [3.05, 3.63) is 94.2 Å². The summed E-state index contributed by atoms with van der Waals surface area (Å²) in [5.74, 6) is 0. The number of hydrogen-bond donors (Lipinski definition) is 0. The first-order chi connectivity index (χ1) is 29.2. The number of nitrogens with zero attached hydrogens (tertiary/aromatic N) is 4. The molecule has 10 heteroatoms. The fourth-order valence-electron chi connectivity index (χ4n) is 9.62. The predicted octanol–water partition coefficient (Wildman–Crippen LogP) is 11.7. The second-order valence-electron chi connectivity index (χ2n) is 16.9. The van der Waals surface area contributed by atoms with Crippen LogP contribution in [0.1, 0.15) is 99.9 Å². The molecule has 0 aliphatic carbocycles. The number of hydrogen-bond acceptors (Lipinski definition) is 6. The molecule has 0 saturated carbocycles. The Morgan fingerprint density at radius 1 is 0.517 bits per heavy atom. The maximum atomic E-state index is 10.3. The monoisotopic (exact) mass is 896 g/mol. The highest BCUT2D eigenvalue weighted by atomic mass is 32.1. The fourth-order valence-corrected chi connectivity index (χ4v) is 28.9. The molecule has 2 aliphatic heterocycles. The zero-order valence-corrected chi connectivity index (χ0v) is 41.3. The van der Waals surface area contributed by atoms with E-state index in [0.717, 1.165) is 22.3 Å². The maximum absolute atomic E-state index is 10.3. The Bertz CT molecular complexity index is 2460. The van der Waals surface area contributed by atoms with Gasteiger partial charge in [0.05, 0.1) is 23.3 Å². The minimum Gasteiger partial charge on any atom is -0.208 e. The Kier molecular flexibility index (Phi) is 12.9. The van der Waals surface area contributed by atoms with Gasteiger partial charge in [-0.25, -0.2) is 9.13 Å². The van der Waals surface area contributed by atoms with E-state index in [0.29, 0.717) is 0 Å². The van der Waals surface area contributed by atoms with Gasteiger partial charge in [0.25, 0.3) is 0 Å². The van der Waals surface area contributed by atoms with Crippen LogP contribution in [0.4, 0.5) is 0 Å². The van der Waals surface area contributed by atoms with Crippen molar-refractivity contribution in [1.29, 1.82) is 10.5 Å². The van der Waals surface area contributed by atoms with Gasteiger partial charge in [-0.15, -0.1) is 45.3 Å². The van der Waals surface area contributed by atoms with Crippen molar-refractivity contribution >= 4 is 106 Å². The summed E-state index contributed by atoms with van der Waals surface area (Å²) in [6.07, 6.45) is 22.3. The third-order valence-corrected chi connectivity index (χ3v) is 29.1. The SMILES string of the molecule is CCCC[Si]1(CCCC)c2cc(/C=C(\C#N)c3cc[n+](C)cc3)sc2-c2sc(-c3cc4c(s3)-c3sc(/C=C(\C#N)c5cc[n+](C)cc5)cc3[Si]4(CCCC)CCCC)cc21. The number of allylic oxidation sites excluding steroid dienone is 2. The Labute approximate surface area is 375 Å². The van der Waals surface area contributed by atoms with Crippen LogP contribution < -0.4 is 29.9 Å². The predicted molar refractivity (Wildman–Crippen MR) is 265 cm³/mol. The Morgan fingerprint density at radius 3 is 1.15 bits per heavy atom. The van der Waals surface area contributed by atoms with Crippen LogP contribution in [0.3, 0.4) is 0 Å². The molecule has 0 spiro atoms. The maximum Gasteiger partial charge on any atom is 0.169 e. The molecule has 0 radical (unpaired) electrons. The lowest BCUT2D eigenvalue weighted by molar-refractivity contribution is -0.671. The molecule has 8 rings (SSSR count). The number of rotatable bonds is 17. The molecule has 0 atom stereocenters. The van der Waals surface area contributed by atoms with Crippen LogP contribution in [0.2, 0.25) is 24.2 Å². The summed E-state index contributed by atoms with van der Waals surface area (Å²) in [6, 6.07) is 28.8. The molecule has 4 nitrogen and oxygen atoms in total. The van der Waals surface area contributed by atoms with Crippen LogP contribution in [-0.4, -0.2) is 16.1 Å². The third kappa shape index (κ3) is 7.74. The van der Waals surface area contributed by atoms with Gasteiger partial charge in [0, 0.05) is 74.4 Å². The average Bonchev–Trinajstić information content (AvgIpc) is 4.11. The van der Waals surface area contributed by atoms with Gasteiger partial charge < -0.3 is 0 Å². The highest BCUT2D eigenvalue weighted by molar-refractivity contribution is 7.34. The van der Waals surface area contributed by atoms with Crippen molar-refractivity contribution in [3.8, 4) is 41.4 Å².